The summed E-state index contributed by atoms with van der Waals surface area (Å²) in [6.45, 7) is 0. The minimum atomic E-state index is 0.241. The molecule has 0 aliphatic carbocycles. The zero-order valence-corrected chi connectivity index (χ0v) is 17.1. The highest BCUT2D eigenvalue weighted by atomic mass is 16.5. The molecule has 156 valence electrons. The fraction of sp³-hybridized carbons (Fsp3) is 0.0870. The van der Waals surface area contributed by atoms with E-state index in [1.54, 1.807) is 17.8 Å². The van der Waals surface area contributed by atoms with E-state index in [9.17, 15) is 0 Å². The molecular formula is C23H17N7O2. The number of benzene rings is 2. The van der Waals surface area contributed by atoms with Gasteiger partial charge in [-0.25, -0.2) is 4.98 Å². The van der Waals surface area contributed by atoms with Gasteiger partial charge in [0.2, 0.25) is 11.8 Å². The monoisotopic (exact) mass is 423 g/mol. The molecule has 6 rings (SSSR count). The van der Waals surface area contributed by atoms with Gasteiger partial charge in [0.25, 0.3) is 5.89 Å². The minimum Gasteiger partial charge on any atom is -0.494 e. The van der Waals surface area contributed by atoms with Crippen LogP contribution in [0.4, 0.5) is 5.95 Å². The van der Waals surface area contributed by atoms with Gasteiger partial charge in [0.1, 0.15) is 11.3 Å². The summed E-state index contributed by atoms with van der Waals surface area (Å²) in [5.41, 5.74) is 10.1. The maximum Gasteiger partial charge on any atom is 0.268 e. The zero-order valence-electron chi connectivity index (χ0n) is 17.1. The van der Waals surface area contributed by atoms with E-state index in [-0.39, 0.29) is 5.95 Å². The Morgan fingerprint density at radius 2 is 1.91 bits per heavy atom. The Balaban J connectivity index is 1.41. The molecule has 4 aromatic heterocycles. The number of aromatic nitrogens is 6. The van der Waals surface area contributed by atoms with E-state index >= 15 is 0 Å². The van der Waals surface area contributed by atoms with Gasteiger partial charge in [-0.1, -0.05) is 36.4 Å². The largest absolute Gasteiger partial charge is 0.494 e. The molecule has 0 radical (unpaired) electrons. The van der Waals surface area contributed by atoms with E-state index < -0.39 is 0 Å². The smallest absolute Gasteiger partial charge is 0.268 e. The van der Waals surface area contributed by atoms with Crippen molar-refractivity contribution >= 4 is 33.3 Å². The first-order valence-electron chi connectivity index (χ1n) is 9.98. The molecule has 0 saturated carbocycles. The first kappa shape index (κ1) is 18.3. The lowest BCUT2D eigenvalue weighted by Crippen LogP contribution is -2.03. The lowest BCUT2D eigenvalue weighted by Gasteiger charge is -2.07. The van der Waals surface area contributed by atoms with E-state index in [2.05, 4.69) is 25.3 Å². The molecule has 0 amide bonds. The van der Waals surface area contributed by atoms with E-state index in [0.717, 1.165) is 27.4 Å². The van der Waals surface area contributed by atoms with Gasteiger partial charge in [-0.05, 0) is 23.8 Å². The summed E-state index contributed by atoms with van der Waals surface area (Å²) in [7, 11) is 1.60. The summed E-state index contributed by atoms with van der Waals surface area (Å²) in [5.74, 6) is 1.67. The molecule has 0 aliphatic rings. The lowest BCUT2D eigenvalue weighted by molar-refractivity contribution is 0.419. The summed E-state index contributed by atoms with van der Waals surface area (Å²) >= 11 is 0. The predicted molar refractivity (Wildman–Crippen MR) is 119 cm³/mol. The maximum absolute atomic E-state index is 6.16. The van der Waals surface area contributed by atoms with Crippen LogP contribution < -0.4 is 10.5 Å². The van der Waals surface area contributed by atoms with E-state index in [1.165, 1.54) is 0 Å². The summed E-state index contributed by atoms with van der Waals surface area (Å²) in [5, 5.41) is 14.9. The van der Waals surface area contributed by atoms with Crippen LogP contribution in [0.1, 0.15) is 11.5 Å². The van der Waals surface area contributed by atoms with Crippen LogP contribution in [-0.2, 0) is 6.42 Å². The van der Waals surface area contributed by atoms with Gasteiger partial charge in [0.15, 0.2) is 5.69 Å². The van der Waals surface area contributed by atoms with Gasteiger partial charge in [0.05, 0.1) is 24.6 Å². The minimum absolute atomic E-state index is 0.241. The van der Waals surface area contributed by atoms with Gasteiger partial charge in [-0.3, -0.25) is 4.98 Å². The average molecular weight is 423 g/mol. The van der Waals surface area contributed by atoms with Crippen molar-refractivity contribution in [3.05, 3.63) is 72.2 Å². The van der Waals surface area contributed by atoms with Crippen molar-refractivity contribution in [2.45, 2.75) is 6.42 Å². The standard InChI is InChI=1S/C23H17N7O2/c1-31-18-9-3-8-15-17-12-16(29-30(17)23(24)26-21(15)18)22-28-27-19(32-22)11-14-6-2-5-13-7-4-10-25-20(13)14/h2-10,12H,11H2,1H3,(H2,24,26). The molecule has 0 unspecified atom stereocenters. The van der Waals surface area contributed by atoms with Crippen molar-refractivity contribution in [1.82, 2.24) is 29.8 Å². The molecule has 0 spiro atoms. The van der Waals surface area contributed by atoms with Crippen molar-refractivity contribution in [2.24, 2.45) is 0 Å². The molecule has 4 heterocycles. The van der Waals surface area contributed by atoms with Crippen molar-refractivity contribution in [3.8, 4) is 17.3 Å². The highest BCUT2D eigenvalue weighted by Crippen LogP contribution is 2.30. The van der Waals surface area contributed by atoms with E-state index in [1.807, 2.05) is 54.6 Å². The molecule has 2 N–H and O–H groups in total. The van der Waals surface area contributed by atoms with Gasteiger partial charge >= 0.3 is 0 Å². The molecule has 0 bridgehead atoms. The summed E-state index contributed by atoms with van der Waals surface area (Å²) < 4.78 is 12.9. The SMILES string of the molecule is COc1cccc2c1nc(N)n1nc(-c3nnc(Cc4cccc5cccnc45)o3)cc21. The fourth-order valence-corrected chi connectivity index (χ4v) is 3.92. The Labute approximate surface area is 181 Å². The third-order valence-corrected chi connectivity index (χ3v) is 5.39. The van der Waals surface area contributed by atoms with Crippen LogP contribution >= 0.6 is 0 Å². The van der Waals surface area contributed by atoms with Crippen LogP contribution in [-0.4, -0.2) is 36.9 Å². The zero-order chi connectivity index (χ0) is 21.7. The van der Waals surface area contributed by atoms with Gasteiger partial charge in [-0.15, -0.1) is 10.2 Å². The molecule has 2 aromatic carbocycles. The number of pyridine rings is 1. The Bertz CT molecular complexity index is 1610. The first-order chi connectivity index (χ1) is 15.7. The maximum atomic E-state index is 6.16. The number of ether oxygens (including phenoxy) is 1. The molecule has 32 heavy (non-hydrogen) atoms. The summed E-state index contributed by atoms with van der Waals surface area (Å²) in [6.07, 6.45) is 2.25. The van der Waals surface area contributed by atoms with Crippen molar-refractivity contribution in [2.75, 3.05) is 12.8 Å². The second-order valence-electron chi connectivity index (χ2n) is 7.32. The molecular weight excluding hydrogens is 406 g/mol. The van der Waals surface area contributed by atoms with Crippen molar-refractivity contribution in [1.29, 1.82) is 0 Å². The number of anilines is 1. The Hall–Kier alpha value is -4.53. The molecule has 0 atom stereocenters. The van der Waals surface area contributed by atoms with Gasteiger partial charge < -0.3 is 14.9 Å². The number of hydrogen-bond donors (Lipinski definition) is 1. The highest BCUT2D eigenvalue weighted by Gasteiger charge is 2.18. The molecule has 9 nitrogen and oxygen atoms in total. The Kier molecular flexibility index (Phi) is 4.00. The number of rotatable bonds is 4. The third kappa shape index (κ3) is 2.83. The second kappa shape index (κ2) is 7.02. The Morgan fingerprint density at radius 3 is 2.81 bits per heavy atom. The van der Waals surface area contributed by atoms with Crippen LogP contribution in [0.15, 0.2) is 65.2 Å². The third-order valence-electron chi connectivity index (χ3n) is 5.39. The van der Waals surface area contributed by atoms with Gasteiger partial charge in [0, 0.05) is 17.0 Å². The quantitative estimate of drug-likeness (QED) is 0.456. The predicted octanol–water partition coefficient (Wildman–Crippen LogP) is 3.66. The number of para-hydroxylation sites is 2. The number of nitrogen functional groups attached to an aromatic ring is 1. The highest BCUT2D eigenvalue weighted by molar-refractivity contribution is 5.98. The van der Waals surface area contributed by atoms with Crippen LogP contribution in [0, 0.1) is 0 Å². The molecule has 6 aromatic rings. The number of nitrogens with zero attached hydrogens (tertiary/aromatic N) is 6. The number of nitrogens with two attached hydrogens (primary N) is 1. The van der Waals surface area contributed by atoms with E-state index in [4.69, 9.17) is 14.9 Å². The van der Waals surface area contributed by atoms with Crippen molar-refractivity contribution in [3.63, 3.8) is 0 Å². The molecule has 0 aliphatic heterocycles. The molecule has 0 fully saturated rings. The first-order valence-corrected chi connectivity index (χ1v) is 9.98. The summed E-state index contributed by atoms with van der Waals surface area (Å²) in [6, 6.07) is 17.5. The fourth-order valence-electron chi connectivity index (χ4n) is 3.92. The van der Waals surface area contributed by atoms with Crippen LogP contribution in [0.5, 0.6) is 5.75 Å². The number of methoxy groups -OCH3 is 1. The number of fused-ring (bicyclic) bond motifs is 4. The van der Waals surface area contributed by atoms with Crippen LogP contribution in [0.25, 0.3) is 38.9 Å². The average Bonchev–Trinajstić information content (AvgIpc) is 3.47. The second-order valence-corrected chi connectivity index (χ2v) is 7.32. The number of hydrogen-bond acceptors (Lipinski definition) is 8. The van der Waals surface area contributed by atoms with E-state index in [0.29, 0.717) is 35.2 Å². The molecule has 9 heteroatoms. The summed E-state index contributed by atoms with van der Waals surface area (Å²) in [4.78, 5) is 8.94. The Morgan fingerprint density at radius 1 is 1.03 bits per heavy atom. The van der Waals surface area contributed by atoms with Crippen LogP contribution in [0.2, 0.25) is 0 Å². The van der Waals surface area contributed by atoms with Gasteiger partial charge in [-0.2, -0.15) is 9.61 Å². The normalized spacial score (nSPS) is 11.5. The topological polar surface area (TPSA) is 117 Å². The lowest BCUT2D eigenvalue weighted by atomic mass is 10.1. The van der Waals surface area contributed by atoms with Crippen molar-refractivity contribution < 1.29 is 9.15 Å². The van der Waals surface area contributed by atoms with Crippen LogP contribution in [0.3, 0.4) is 0 Å². The molecule has 0 saturated heterocycles.